The fourth-order valence-corrected chi connectivity index (χ4v) is 3.78. The Hall–Kier alpha value is -2.17. The Morgan fingerprint density at radius 3 is 2.10 bits per heavy atom. The van der Waals surface area contributed by atoms with Gasteiger partial charge in [0.05, 0.1) is 0 Å². The number of carbonyl (C=O) groups is 1. The molecule has 0 aromatic heterocycles. The first-order valence-electron chi connectivity index (χ1n) is 9.40. The van der Waals surface area contributed by atoms with Crippen LogP contribution in [0.3, 0.4) is 0 Å². The summed E-state index contributed by atoms with van der Waals surface area (Å²) in [5.74, 6) is 0. The van der Waals surface area contributed by atoms with Crippen molar-refractivity contribution in [3.63, 3.8) is 0 Å². The van der Waals surface area contributed by atoms with Crippen molar-refractivity contribution in [1.82, 2.24) is 4.90 Å². The van der Waals surface area contributed by atoms with E-state index in [1.165, 1.54) is 4.90 Å². The summed E-state index contributed by atoms with van der Waals surface area (Å²) in [6, 6.07) is 1.76. The Balaban J connectivity index is 2.54. The molecular weight excluding hydrogens is 418 g/mol. The molecule has 2 N–H and O–H groups in total. The SMILES string of the molecule is CCCc1cc(C(O)(C(F)(F)F)C(F)(F)F)ccc1N1CC(C)N(C(=O)O)CC1C. The number of aliphatic hydroxyl groups is 1. The summed E-state index contributed by atoms with van der Waals surface area (Å²) in [4.78, 5) is 14.3. The zero-order chi connectivity index (χ0) is 23.1. The first-order chi connectivity index (χ1) is 13.6. The van der Waals surface area contributed by atoms with Crippen LogP contribution in [0.1, 0.15) is 38.3 Å². The highest BCUT2D eigenvalue weighted by atomic mass is 19.4. The molecule has 1 aliphatic heterocycles. The van der Waals surface area contributed by atoms with Crippen LogP contribution in [0.15, 0.2) is 18.2 Å². The van der Waals surface area contributed by atoms with Crippen molar-refractivity contribution in [1.29, 1.82) is 0 Å². The molecule has 0 bridgehead atoms. The lowest BCUT2D eigenvalue weighted by Gasteiger charge is -2.45. The highest BCUT2D eigenvalue weighted by Crippen LogP contribution is 2.50. The minimum Gasteiger partial charge on any atom is -0.465 e. The molecule has 1 fully saturated rings. The molecule has 2 unspecified atom stereocenters. The summed E-state index contributed by atoms with van der Waals surface area (Å²) in [5.41, 5.74) is -5.62. The zero-order valence-corrected chi connectivity index (χ0v) is 16.7. The number of hydrogen-bond donors (Lipinski definition) is 2. The van der Waals surface area contributed by atoms with E-state index in [1.54, 1.807) is 25.7 Å². The standard InChI is InChI=1S/C19H24F6N2O3/c1-4-5-13-8-14(17(30,18(20,21)22)19(23,24)25)6-7-15(13)26-9-12(3)27(16(28)29)10-11(26)2/h6-8,11-12,30H,4-5,9-10H2,1-3H3,(H,28,29). The van der Waals surface area contributed by atoms with E-state index in [-0.39, 0.29) is 31.1 Å². The Kier molecular flexibility index (Phi) is 6.56. The van der Waals surface area contributed by atoms with Gasteiger partial charge < -0.3 is 20.0 Å². The number of halogens is 6. The second-order valence-electron chi connectivity index (χ2n) is 7.58. The Labute approximate surface area is 169 Å². The van der Waals surface area contributed by atoms with E-state index < -0.39 is 35.7 Å². The van der Waals surface area contributed by atoms with Crippen LogP contribution in [0.25, 0.3) is 0 Å². The van der Waals surface area contributed by atoms with E-state index in [2.05, 4.69) is 0 Å². The van der Waals surface area contributed by atoms with Crippen LogP contribution < -0.4 is 4.90 Å². The van der Waals surface area contributed by atoms with Crippen LogP contribution in [0.4, 0.5) is 36.8 Å². The number of benzene rings is 1. The van der Waals surface area contributed by atoms with Gasteiger partial charge in [0, 0.05) is 36.4 Å². The van der Waals surface area contributed by atoms with Gasteiger partial charge >= 0.3 is 18.4 Å². The maximum Gasteiger partial charge on any atom is 0.430 e. The van der Waals surface area contributed by atoms with Crippen molar-refractivity contribution in [2.75, 3.05) is 18.0 Å². The summed E-state index contributed by atoms with van der Waals surface area (Å²) in [6.45, 7) is 5.50. The fraction of sp³-hybridized carbons (Fsp3) is 0.632. The number of anilines is 1. The predicted molar refractivity (Wildman–Crippen MR) is 97.4 cm³/mol. The molecule has 30 heavy (non-hydrogen) atoms. The summed E-state index contributed by atoms with van der Waals surface area (Å²) >= 11 is 0. The lowest BCUT2D eigenvalue weighted by atomic mass is 9.89. The second kappa shape index (κ2) is 8.16. The number of amides is 1. The van der Waals surface area contributed by atoms with E-state index >= 15 is 0 Å². The van der Waals surface area contributed by atoms with Gasteiger partial charge in [-0.05, 0) is 31.9 Å². The topological polar surface area (TPSA) is 64.0 Å². The molecule has 11 heteroatoms. The highest BCUT2D eigenvalue weighted by Gasteiger charge is 2.71. The summed E-state index contributed by atoms with van der Waals surface area (Å²) in [7, 11) is 0. The third-order valence-corrected chi connectivity index (χ3v) is 5.38. The number of aryl methyl sites for hydroxylation is 1. The Bertz CT molecular complexity index is 767. The molecule has 0 radical (unpaired) electrons. The van der Waals surface area contributed by atoms with Crippen molar-refractivity contribution < 1.29 is 41.4 Å². The quantitative estimate of drug-likeness (QED) is 0.673. The molecule has 1 aliphatic rings. The minimum atomic E-state index is -5.95. The summed E-state index contributed by atoms with van der Waals surface area (Å²) in [5, 5.41) is 19.0. The van der Waals surface area contributed by atoms with Gasteiger partial charge in [-0.2, -0.15) is 26.3 Å². The van der Waals surface area contributed by atoms with Gasteiger partial charge in [0.2, 0.25) is 0 Å². The van der Waals surface area contributed by atoms with Gasteiger partial charge in [-0.3, -0.25) is 0 Å². The number of carboxylic acid groups (broad SMARTS) is 1. The van der Waals surface area contributed by atoms with E-state index in [0.29, 0.717) is 18.2 Å². The molecule has 0 saturated carbocycles. The normalized spacial score (nSPS) is 21.1. The lowest BCUT2D eigenvalue weighted by molar-refractivity contribution is -0.376. The van der Waals surface area contributed by atoms with Crippen molar-refractivity contribution >= 4 is 11.8 Å². The van der Waals surface area contributed by atoms with Crippen LogP contribution in [-0.2, 0) is 12.0 Å². The third kappa shape index (κ3) is 4.17. The van der Waals surface area contributed by atoms with Crippen LogP contribution in [0.2, 0.25) is 0 Å². The monoisotopic (exact) mass is 442 g/mol. The van der Waals surface area contributed by atoms with Crippen LogP contribution in [-0.4, -0.2) is 58.7 Å². The number of rotatable bonds is 4. The van der Waals surface area contributed by atoms with Crippen molar-refractivity contribution in [2.24, 2.45) is 0 Å². The van der Waals surface area contributed by atoms with E-state index in [9.17, 15) is 41.4 Å². The molecule has 1 aromatic rings. The predicted octanol–water partition coefficient (Wildman–Crippen LogP) is 4.53. The molecule has 1 saturated heterocycles. The summed E-state index contributed by atoms with van der Waals surface area (Å²) < 4.78 is 79.5. The molecule has 0 aliphatic carbocycles. The molecule has 5 nitrogen and oxygen atoms in total. The number of hydrogen-bond acceptors (Lipinski definition) is 3. The van der Waals surface area contributed by atoms with Crippen LogP contribution in [0, 0.1) is 0 Å². The largest absolute Gasteiger partial charge is 0.465 e. The maximum atomic E-state index is 13.2. The van der Waals surface area contributed by atoms with E-state index in [4.69, 9.17) is 0 Å². The first kappa shape index (κ1) is 24.1. The molecule has 1 heterocycles. The Morgan fingerprint density at radius 1 is 1.07 bits per heavy atom. The average molecular weight is 442 g/mol. The molecule has 0 spiro atoms. The molecule has 1 amide bonds. The molecule has 1 aromatic carbocycles. The van der Waals surface area contributed by atoms with E-state index in [0.717, 1.165) is 12.1 Å². The van der Waals surface area contributed by atoms with Gasteiger partial charge in [-0.1, -0.05) is 25.5 Å². The van der Waals surface area contributed by atoms with Gasteiger partial charge in [0.1, 0.15) is 0 Å². The third-order valence-electron chi connectivity index (χ3n) is 5.38. The van der Waals surface area contributed by atoms with Gasteiger partial charge in [-0.25, -0.2) is 4.79 Å². The molecular formula is C19H24F6N2O3. The fourth-order valence-electron chi connectivity index (χ4n) is 3.78. The lowest BCUT2D eigenvalue weighted by Crippen LogP contribution is -2.58. The molecule has 2 atom stereocenters. The van der Waals surface area contributed by atoms with Crippen molar-refractivity contribution in [3.8, 4) is 0 Å². The van der Waals surface area contributed by atoms with Crippen LogP contribution in [0.5, 0.6) is 0 Å². The summed E-state index contributed by atoms with van der Waals surface area (Å²) in [6.07, 6.45) is -12.4. The van der Waals surface area contributed by atoms with Gasteiger partial charge in [0.15, 0.2) is 0 Å². The van der Waals surface area contributed by atoms with Gasteiger partial charge in [0.25, 0.3) is 5.60 Å². The van der Waals surface area contributed by atoms with Gasteiger partial charge in [-0.15, -0.1) is 0 Å². The zero-order valence-electron chi connectivity index (χ0n) is 16.7. The highest BCUT2D eigenvalue weighted by molar-refractivity contribution is 5.67. The number of alkyl halides is 6. The number of piperazine rings is 1. The minimum absolute atomic E-state index is 0.138. The first-order valence-corrected chi connectivity index (χ1v) is 9.40. The maximum absolute atomic E-state index is 13.2. The Morgan fingerprint density at radius 2 is 1.63 bits per heavy atom. The van der Waals surface area contributed by atoms with Crippen LogP contribution >= 0.6 is 0 Å². The molecule has 170 valence electrons. The average Bonchev–Trinajstić information content (AvgIpc) is 2.61. The molecule has 2 rings (SSSR count). The second-order valence-corrected chi connectivity index (χ2v) is 7.58. The van der Waals surface area contributed by atoms with E-state index in [1.807, 2.05) is 0 Å². The smallest absolute Gasteiger partial charge is 0.430 e. The van der Waals surface area contributed by atoms with Crippen molar-refractivity contribution in [3.05, 3.63) is 29.3 Å². The number of nitrogens with zero attached hydrogens (tertiary/aromatic N) is 2. The van der Waals surface area contributed by atoms with Crippen molar-refractivity contribution in [2.45, 2.75) is 63.7 Å².